The maximum atomic E-state index is 6.09. The highest BCUT2D eigenvalue weighted by Crippen LogP contribution is 2.30. The molecule has 0 radical (unpaired) electrons. The Morgan fingerprint density at radius 1 is 0.352 bits per heavy atom. The number of hydrogen-bond donors (Lipinski definition) is 0. The van der Waals surface area contributed by atoms with Gasteiger partial charge in [-0.25, -0.2) is 34.9 Å². The second kappa shape index (κ2) is 16.9. The Morgan fingerprint density at radius 2 is 0.741 bits per heavy atom. The average Bonchev–Trinajstić information content (AvgIpc) is 3.18. The van der Waals surface area contributed by atoms with Gasteiger partial charge in [-0.2, -0.15) is 0 Å². The van der Waals surface area contributed by atoms with Crippen LogP contribution in [0.15, 0.2) is 128 Å². The highest BCUT2D eigenvalue weighted by Gasteiger charge is 2.13. The fourth-order valence-corrected chi connectivity index (χ4v) is 6.28. The zero-order valence-corrected chi connectivity index (χ0v) is 32.0. The van der Waals surface area contributed by atoms with E-state index in [0.29, 0.717) is 48.7 Å². The second-order valence-electron chi connectivity index (χ2n) is 11.2. The molecule has 15 heteroatoms. The topological polar surface area (TPSA) is 116 Å². The van der Waals surface area contributed by atoms with Crippen molar-refractivity contribution in [2.24, 2.45) is 0 Å². The van der Waals surface area contributed by atoms with Crippen molar-refractivity contribution in [3.05, 3.63) is 159 Å². The van der Waals surface area contributed by atoms with Crippen LogP contribution in [-0.4, -0.2) is 44.9 Å². The van der Waals surface area contributed by atoms with Gasteiger partial charge in [-0.3, -0.25) is 9.97 Å². The van der Waals surface area contributed by atoms with E-state index in [9.17, 15) is 0 Å². The normalized spacial score (nSPS) is 10.8. The number of halogens is 6. The van der Waals surface area contributed by atoms with Gasteiger partial charge < -0.3 is 0 Å². The van der Waals surface area contributed by atoms with E-state index >= 15 is 0 Å². The molecule has 0 aliphatic rings. The largest absolute Gasteiger partial charge is 0.251 e. The number of rotatable bonds is 3. The fraction of sp³-hybridized carbons (Fsp3) is 0. The quantitative estimate of drug-likeness (QED) is 0.127. The predicted molar refractivity (Wildman–Crippen MR) is 218 cm³/mol. The molecule has 0 unspecified atom stereocenters. The number of fused-ring (bicyclic) bond motifs is 3. The van der Waals surface area contributed by atoms with Crippen molar-refractivity contribution in [1.82, 2.24) is 44.9 Å². The summed E-state index contributed by atoms with van der Waals surface area (Å²) in [4.78, 5) is 38.1. The molecule has 0 atom stereocenters. The third-order valence-electron chi connectivity index (χ3n) is 7.54. The number of benzene rings is 3. The van der Waals surface area contributed by atoms with Crippen LogP contribution in [-0.2, 0) is 0 Å². The van der Waals surface area contributed by atoms with Crippen molar-refractivity contribution >= 4 is 103 Å². The molecule has 9 aromatic rings. The lowest BCUT2D eigenvalue weighted by Crippen LogP contribution is -1.96. The van der Waals surface area contributed by atoms with Gasteiger partial charge >= 0.3 is 0 Å². The van der Waals surface area contributed by atoms with E-state index in [0.717, 1.165) is 33.4 Å². The number of nitrogens with zero attached hydrogens (tertiary/aromatic N) is 9. The van der Waals surface area contributed by atoms with Crippen LogP contribution in [0.3, 0.4) is 0 Å². The van der Waals surface area contributed by atoms with E-state index in [1.807, 2.05) is 97.1 Å². The first-order valence-corrected chi connectivity index (χ1v) is 18.1. The lowest BCUT2D eigenvalue weighted by molar-refractivity contribution is 1.20. The summed E-state index contributed by atoms with van der Waals surface area (Å²) in [6.07, 6.45) is 4.68. The minimum absolute atomic E-state index is 0.0848. The molecule has 0 bridgehead atoms. The van der Waals surface area contributed by atoms with Crippen molar-refractivity contribution in [2.75, 3.05) is 0 Å². The molecule has 0 amide bonds. The number of hydrogen-bond acceptors (Lipinski definition) is 9. The molecule has 6 heterocycles. The molecular weight excluding hydrogens is 807 g/mol. The minimum atomic E-state index is 0.0848. The third-order valence-corrected chi connectivity index (χ3v) is 8.76. The molecule has 0 aliphatic carbocycles. The molecule has 264 valence electrons. The molecule has 0 saturated carbocycles. The Bertz CT molecular complexity index is 2730. The maximum absolute atomic E-state index is 6.09. The van der Waals surface area contributed by atoms with Gasteiger partial charge in [-0.15, -0.1) is 0 Å². The van der Waals surface area contributed by atoms with Gasteiger partial charge in [-0.1, -0.05) is 137 Å². The van der Waals surface area contributed by atoms with Gasteiger partial charge in [0.25, 0.3) is 0 Å². The van der Waals surface area contributed by atoms with E-state index in [2.05, 4.69) is 39.9 Å². The van der Waals surface area contributed by atoms with Crippen molar-refractivity contribution in [1.29, 1.82) is 0 Å². The van der Waals surface area contributed by atoms with Crippen LogP contribution in [0.1, 0.15) is 0 Å². The van der Waals surface area contributed by atoms with Gasteiger partial charge in [0.15, 0.2) is 11.0 Å². The predicted octanol–water partition coefficient (Wildman–Crippen LogP) is 12.0. The molecule has 3 aromatic carbocycles. The standard InChI is InChI=1S/C19H12ClN3.C13H7Cl2N3.C7H2Cl3N3/c20-15-11-16-18(21-12-15)17(13-7-3-1-4-8-13)23-19(22-16)14-9-5-2-6-10-14;14-9-6-10-12(16-7-9)11(18-13(15)17-10)8-4-2-1-3-5-8;8-3-1-4-5(11-2-3)6(9)13-7(10)12-4/h1-12H;1-7H;1-2H. The Hall–Kier alpha value is -5.13. The number of pyridine rings is 3. The van der Waals surface area contributed by atoms with Gasteiger partial charge in [0.1, 0.15) is 27.9 Å². The van der Waals surface area contributed by atoms with Crippen LogP contribution < -0.4 is 0 Å². The van der Waals surface area contributed by atoms with Crippen LogP contribution >= 0.6 is 69.6 Å². The van der Waals surface area contributed by atoms with Crippen LogP contribution in [0, 0.1) is 0 Å². The summed E-state index contributed by atoms with van der Waals surface area (Å²) < 4.78 is 0. The smallest absolute Gasteiger partial charge is 0.224 e. The van der Waals surface area contributed by atoms with E-state index in [1.54, 1.807) is 24.5 Å². The first-order valence-electron chi connectivity index (χ1n) is 15.8. The zero-order chi connectivity index (χ0) is 37.6. The first-order chi connectivity index (χ1) is 26.2. The monoisotopic (exact) mass is 825 g/mol. The van der Waals surface area contributed by atoms with Crippen LogP contribution in [0.5, 0.6) is 0 Å². The molecule has 9 nitrogen and oxygen atoms in total. The Kier molecular flexibility index (Phi) is 11.6. The minimum Gasteiger partial charge on any atom is -0.251 e. The molecule has 0 N–H and O–H groups in total. The molecule has 0 aliphatic heterocycles. The Morgan fingerprint density at radius 3 is 1.24 bits per heavy atom. The third kappa shape index (κ3) is 8.80. The SMILES string of the molecule is Clc1cnc2c(-c3ccccc3)nc(-c3ccccc3)nc2c1.Clc1cnc2c(-c3ccccc3)nc(Cl)nc2c1.Clc1cnc2c(Cl)nc(Cl)nc2c1. The van der Waals surface area contributed by atoms with Crippen molar-refractivity contribution in [3.8, 4) is 33.9 Å². The molecule has 0 spiro atoms. The van der Waals surface area contributed by atoms with Gasteiger partial charge in [0.05, 0.1) is 31.6 Å². The first kappa shape index (κ1) is 37.2. The second-order valence-corrected chi connectivity index (χ2v) is 13.5. The number of aromatic nitrogens is 9. The molecule has 0 fully saturated rings. The molecule has 6 aromatic heterocycles. The summed E-state index contributed by atoms with van der Waals surface area (Å²) in [5.41, 5.74) is 8.29. The molecular formula is C39H21Cl6N9. The van der Waals surface area contributed by atoms with E-state index in [-0.39, 0.29) is 15.7 Å². The van der Waals surface area contributed by atoms with Crippen LogP contribution in [0.25, 0.3) is 67.0 Å². The lowest BCUT2D eigenvalue weighted by Gasteiger charge is -2.08. The maximum Gasteiger partial charge on any atom is 0.224 e. The van der Waals surface area contributed by atoms with Gasteiger partial charge in [0, 0.05) is 35.3 Å². The Labute approximate surface area is 338 Å². The van der Waals surface area contributed by atoms with E-state index in [4.69, 9.17) is 74.6 Å². The molecule has 9 rings (SSSR count). The van der Waals surface area contributed by atoms with Crippen molar-refractivity contribution in [2.45, 2.75) is 0 Å². The summed E-state index contributed by atoms with van der Waals surface area (Å²) in [6.45, 7) is 0. The zero-order valence-electron chi connectivity index (χ0n) is 27.4. The lowest BCUT2D eigenvalue weighted by atomic mass is 10.1. The summed E-state index contributed by atoms with van der Waals surface area (Å²) in [5, 5.41) is 2.07. The van der Waals surface area contributed by atoms with E-state index in [1.165, 1.54) is 6.20 Å². The van der Waals surface area contributed by atoms with Gasteiger partial charge in [-0.05, 0) is 41.4 Å². The van der Waals surface area contributed by atoms with E-state index < -0.39 is 0 Å². The highest BCUT2D eigenvalue weighted by molar-refractivity contribution is 6.36. The van der Waals surface area contributed by atoms with Crippen LogP contribution in [0.2, 0.25) is 30.8 Å². The summed E-state index contributed by atoms with van der Waals surface area (Å²) in [5.74, 6) is 0.668. The summed E-state index contributed by atoms with van der Waals surface area (Å²) in [6, 6.07) is 34.8. The van der Waals surface area contributed by atoms with Crippen molar-refractivity contribution < 1.29 is 0 Å². The van der Waals surface area contributed by atoms with Gasteiger partial charge in [0.2, 0.25) is 10.6 Å². The summed E-state index contributed by atoms with van der Waals surface area (Å²) >= 11 is 35.0. The fourth-order valence-electron chi connectivity index (χ4n) is 5.20. The van der Waals surface area contributed by atoms with Crippen LogP contribution in [0.4, 0.5) is 0 Å². The Balaban J connectivity index is 0.000000130. The molecule has 54 heavy (non-hydrogen) atoms. The average molecular weight is 828 g/mol. The summed E-state index contributed by atoms with van der Waals surface area (Å²) in [7, 11) is 0. The highest BCUT2D eigenvalue weighted by atomic mass is 35.5. The van der Waals surface area contributed by atoms with Crippen molar-refractivity contribution in [3.63, 3.8) is 0 Å². The molecule has 0 saturated heterocycles.